The third-order valence-corrected chi connectivity index (χ3v) is 3.90. The minimum atomic E-state index is -0.120. The summed E-state index contributed by atoms with van der Waals surface area (Å²) in [5, 5.41) is 7.63. The van der Waals surface area contributed by atoms with Crippen LogP contribution in [0.5, 0.6) is 0 Å². The zero-order valence-electron chi connectivity index (χ0n) is 13.8. The summed E-state index contributed by atoms with van der Waals surface area (Å²) in [7, 11) is 0. The molecule has 0 fully saturated rings. The van der Waals surface area contributed by atoms with Crippen molar-refractivity contribution in [3.63, 3.8) is 0 Å². The highest BCUT2D eigenvalue weighted by atomic mass is 16.1. The van der Waals surface area contributed by atoms with Gasteiger partial charge < -0.3 is 5.32 Å². The zero-order chi connectivity index (χ0) is 16.9. The molecule has 0 bridgehead atoms. The summed E-state index contributed by atoms with van der Waals surface area (Å²) in [4.78, 5) is 16.8. The van der Waals surface area contributed by atoms with Crippen molar-refractivity contribution >= 4 is 5.91 Å². The number of benzene rings is 1. The molecule has 122 valence electrons. The van der Waals surface area contributed by atoms with Crippen molar-refractivity contribution in [3.8, 4) is 16.9 Å². The van der Waals surface area contributed by atoms with Gasteiger partial charge in [-0.05, 0) is 37.6 Å². The Morgan fingerprint density at radius 2 is 2.00 bits per heavy atom. The van der Waals surface area contributed by atoms with Crippen molar-refractivity contribution in [2.75, 3.05) is 0 Å². The Morgan fingerprint density at radius 1 is 1.21 bits per heavy atom. The van der Waals surface area contributed by atoms with Crippen LogP contribution in [0.2, 0.25) is 0 Å². The minimum Gasteiger partial charge on any atom is -0.349 e. The van der Waals surface area contributed by atoms with Crippen LogP contribution in [0.1, 0.15) is 30.6 Å². The van der Waals surface area contributed by atoms with Crippen LogP contribution in [0.25, 0.3) is 16.9 Å². The Morgan fingerprint density at radius 3 is 2.67 bits per heavy atom. The molecule has 24 heavy (non-hydrogen) atoms. The standard InChI is InChI=1S/C19H20N4O/c1-3-14(2)21-19(24)17-13-23(16-9-5-4-6-10-16)22-18(17)15-8-7-11-20-12-15/h4-14H,3H2,1-2H3,(H,21,24). The van der Waals surface area contributed by atoms with E-state index in [-0.39, 0.29) is 11.9 Å². The van der Waals surface area contributed by atoms with Gasteiger partial charge in [-0.3, -0.25) is 9.78 Å². The minimum absolute atomic E-state index is 0.110. The molecule has 5 nitrogen and oxygen atoms in total. The van der Waals surface area contributed by atoms with E-state index < -0.39 is 0 Å². The van der Waals surface area contributed by atoms with Gasteiger partial charge in [-0.15, -0.1) is 0 Å². The molecule has 0 saturated heterocycles. The number of hydrogen-bond acceptors (Lipinski definition) is 3. The monoisotopic (exact) mass is 320 g/mol. The largest absolute Gasteiger partial charge is 0.349 e. The first-order valence-corrected chi connectivity index (χ1v) is 8.05. The van der Waals surface area contributed by atoms with Crippen LogP contribution in [0.4, 0.5) is 0 Å². The average Bonchev–Trinajstić information content (AvgIpc) is 3.08. The Hall–Kier alpha value is -2.95. The lowest BCUT2D eigenvalue weighted by Crippen LogP contribution is -2.32. The first kappa shape index (κ1) is 15.9. The number of nitrogens with zero attached hydrogens (tertiary/aromatic N) is 3. The van der Waals surface area contributed by atoms with E-state index in [4.69, 9.17) is 0 Å². The molecule has 0 spiro atoms. The van der Waals surface area contributed by atoms with Gasteiger partial charge in [0.1, 0.15) is 5.69 Å². The van der Waals surface area contributed by atoms with Crippen molar-refractivity contribution in [2.24, 2.45) is 0 Å². The van der Waals surface area contributed by atoms with Crippen LogP contribution in [0, 0.1) is 0 Å². The maximum absolute atomic E-state index is 12.7. The van der Waals surface area contributed by atoms with Gasteiger partial charge in [0.15, 0.2) is 0 Å². The molecule has 1 aromatic carbocycles. The smallest absolute Gasteiger partial charge is 0.255 e. The van der Waals surface area contributed by atoms with Gasteiger partial charge in [0.2, 0.25) is 0 Å². The van der Waals surface area contributed by atoms with E-state index in [2.05, 4.69) is 15.4 Å². The molecule has 1 N–H and O–H groups in total. The topological polar surface area (TPSA) is 59.8 Å². The Kier molecular flexibility index (Phi) is 4.70. The fourth-order valence-corrected chi connectivity index (χ4v) is 2.37. The lowest BCUT2D eigenvalue weighted by molar-refractivity contribution is 0.0940. The zero-order valence-corrected chi connectivity index (χ0v) is 13.8. The first-order valence-electron chi connectivity index (χ1n) is 8.05. The van der Waals surface area contributed by atoms with Gasteiger partial charge in [-0.2, -0.15) is 5.10 Å². The molecule has 3 rings (SSSR count). The number of hydrogen-bond donors (Lipinski definition) is 1. The number of para-hydroxylation sites is 1. The maximum Gasteiger partial charge on any atom is 0.255 e. The molecule has 3 aromatic rings. The van der Waals surface area contributed by atoms with Gasteiger partial charge in [0.25, 0.3) is 5.91 Å². The second-order valence-corrected chi connectivity index (χ2v) is 5.70. The molecule has 0 saturated carbocycles. The molecule has 2 heterocycles. The highest BCUT2D eigenvalue weighted by Gasteiger charge is 2.19. The Bertz CT molecular complexity index is 812. The molecule has 0 radical (unpaired) electrons. The molecule has 1 atom stereocenters. The molecule has 5 heteroatoms. The van der Waals surface area contributed by atoms with E-state index in [1.165, 1.54) is 0 Å². The highest BCUT2D eigenvalue weighted by Crippen LogP contribution is 2.23. The number of aromatic nitrogens is 3. The molecule has 2 aromatic heterocycles. The van der Waals surface area contributed by atoms with Crippen LogP contribution < -0.4 is 5.32 Å². The van der Waals surface area contributed by atoms with Crippen molar-refractivity contribution in [1.82, 2.24) is 20.1 Å². The van der Waals surface area contributed by atoms with Crippen molar-refractivity contribution < 1.29 is 4.79 Å². The predicted molar refractivity (Wildman–Crippen MR) is 94.0 cm³/mol. The number of carbonyl (C=O) groups is 1. The summed E-state index contributed by atoms with van der Waals surface area (Å²) in [6.45, 7) is 4.03. The predicted octanol–water partition coefficient (Wildman–Crippen LogP) is 3.46. The molecular formula is C19H20N4O. The number of amides is 1. The van der Waals surface area contributed by atoms with Gasteiger partial charge in [-0.25, -0.2) is 4.68 Å². The SMILES string of the molecule is CCC(C)NC(=O)c1cn(-c2ccccc2)nc1-c1cccnc1. The second kappa shape index (κ2) is 7.08. The average molecular weight is 320 g/mol. The maximum atomic E-state index is 12.7. The Labute approximate surface area is 141 Å². The molecule has 1 amide bonds. The van der Waals surface area contributed by atoms with Crippen molar-refractivity contribution in [2.45, 2.75) is 26.3 Å². The van der Waals surface area contributed by atoms with Gasteiger partial charge in [-0.1, -0.05) is 25.1 Å². The fraction of sp³-hybridized carbons (Fsp3) is 0.211. The highest BCUT2D eigenvalue weighted by molar-refractivity contribution is 6.00. The summed E-state index contributed by atoms with van der Waals surface area (Å²) in [6, 6.07) is 13.6. The quantitative estimate of drug-likeness (QED) is 0.783. The fourth-order valence-electron chi connectivity index (χ4n) is 2.37. The Balaban J connectivity index is 2.05. The molecule has 1 unspecified atom stereocenters. The summed E-state index contributed by atoms with van der Waals surface area (Å²) >= 11 is 0. The van der Waals surface area contributed by atoms with Crippen LogP contribution in [-0.2, 0) is 0 Å². The van der Waals surface area contributed by atoms with E-state index in [0.29, 0.717) is 11.3 Å². The van der Waals surface area contributed by atoms with E-state index in [9.17, 15) is 4.79 Å². The summed E-state index contributed by atoms with van der Waals surface area (Å²) in [6.07, 6.45) is 6.07. The second-order valence-electron chi connectivity index (χ2n) is 5.70. The summed E-state index contributed by atoms with van der Waals surface area (Å²) in [5.41, 5.74) is 2.91. The van der Waals surface area contributed by atoms with Crippen molar-refractivity contribution in [1.29, 1.82) is 0 Å². The molecular weight excluding hydrogens is 300 g/mol. The van der Waals surface area contributed by atoms with E-state index >= 15 is 0 Å². The number of rotatable bonds is 5. The lowest BCUT2D eigenvalue weighted by atomic mass is 10.1. The van der Waals surface area contributed by atoms with Crippen LogP contribution >= 0.6 is 0 Å². The number of pyridine rings is 1. The van der Waals surface area contributed by atoms with Gasteiger partial charge >= 0.3 is 0 Å². The van der Waals surface area contributed by atoms with Crippen LogP contribution in [0.15, 0.2) is 61.1 Å². The van der Waals surface area contributed by atoms with E-state index in [0.717, 1.165) is 17.7 Å². The summed E-state index contributed by atoms with van der Waals surface area (Å²) in [5.74, 6) is -0.120. The van der Waals surface area contributed by atoms with Gasteiger partial charge in [0, 0.05) is 30.2 Å². The lowest BCUT2D eigenvalue weighted by Gasteiger charge is -2.10. The van der Waals surface area contributed by atoms with Crippen molar-refractivity contribution in [3.05, 3.63) is 66.6 Å². The molecule has 0 aliphatic heterocycles. The molecule has 0 aliphatic carbocycles. The van der Waals surface area contributed by atoms with E-state index in [1.807, 2.05) is 56.3 Å². The first-order chi connectivity index (χ1) is 11.7. The van der Waals surface area contributed by atoms with Crippen LogP contribution in [-0.4, -0.2) is 26.7 Å². The van der Waals surface area contributed by atoms with Crippen LogP contribution in [0.3, 0.4) is 0 Å². The van der Waals surface area contributed by atoms with E-state index in [1.54, 1.807) is 23.3 Å². The third kappa shape index (κ3) is 3.35. The number of carbonyl (C=O) groups excluding carboxylic acids is 1. The third-order valence-electron chi connectivity index (χ3n) is 3.90. The van der Waals surface area contributed by atoms with Gasteiger partial charge in [0.05, 0.1) is 11.3 Å². The number of nitrogens with one attached hydrogen (secondary N) is 1. The molecule has 0 aliphatic rings. The normalized spacial score (nSPS) is 11.9. The summed E-state index contributed by atoms with van der Waals surface area (Å²) < 4.78 is 1.73.